The molecule has 0 saturated carbocycles. The lowest BCUT2D eigenvalue weighted by atomic mass is 9.93. The van der Waals surface area contributed by atoms with Crippen LogP contribution in [0.4, 0.5) is 0 Å². The predicted molar refractivity (Wildman–Crippen MR) is 87.9 cm³/mol. The Bertz CT molecular complexity index is 549. The fraction of sp³-hybridized carbons (Fsp3) is 0.250. The predicted octanol–water partition coefficient (Wildman–Crippen LogP) is 6.02. The Kier molecular flexibility index (Phi) is 5.32. The van der Waals surface area contributed by atoms with E-state index in [0.29, 0.717) is 10.9 Å². The molecule has 0 aliphatic carbocycles. The van der Waals surface area contributed by atoms with Crippen molar-refractivity contribution in [2.24, 2.45) is 0 Å². The number of hydrogen-bond acceptors (Lipinski definition) is 0. The van der Waals surface area contributed by atoms with E-state index in [9.17, 15) is 0 Å². The third-order valence-corrected chi connectivity index (χ3v) is 4.58. The molecule has 0 N–H and O–H groups in total. The Morgan fingerprint density at radius 2 is 1.74 bits per heavy atom. The van der Waals surface area contributed by atoms with Gasteiger partial charge in [-0.15, -0.1) is 0 Å². The summed E-state index contributed by atoms with van der Waals surface area (Å²) in [6.07, 6.45) is 0.907. The van der Waals surface area contributed by atoms with Crippen molar-refractivity contribution < 1.29 is 0 Å². The average Bonchev–Trinajstić information content (AvgIpc) is 2.39. The van der Waals surface area contributed by atoms with E-state index in [1.165, 1.54) is 11.1 Å². The second kappa shape index (κ2) is 6.78. The Hall–Kier alpha value is -0.500. The fourth-order valence-electron chi connectivity index (χ4n) is 2.05. The highest BCUT2D eigenvalue weighted by Gasteiger charge is 2.13. The summed E-state index contributed by atoms with van der Waals surface area (Å²) in [4.78, 5) is 0. The lowest BCUT2D eigenvalue weighted by molar-refractivity contribution is 0.775. The van der Waals surface area contributed by atoms with Crippen molar-refractivity contribution in [3.8, 4) is 0 Å². The van der Waals surface area contributed by atoms with Gasteiger partial charge >= 0.3 is 0 Å². The standard InChI is InChI=1S/C16H15BrCl2/c1-11-2-4-12(5-3-11)14(10-17)8-13-6-7-15(18)9-16(13)19/h2-7,9,14H,8,10H2,1H3. The molecule has 0 radical (unpaired) electrons. The van der Waals surface area contributed by atoms with Crippen LogP contribution in [-0.4, -0.2) is 5.33 Å². The molecule has 0 bridgehead atoms. The van der Waals surface area contributed by atoms with E-state index in [1.807, 2.05) is 12.1 Å². The molecule has 100 valence electrons. The highest BCUT2D eigenvalue weighted by molar-refractivity contribution is 9.09. The van der Waals surface area contributed by atoms with Gasteiger partial charge in [-0.3, -0.25) is 0 Å². The minimum absolute atomic E-state index is 0.416. The number of hydrogen-bond donors (Lipinski definition) is 0. The molecular formula is C16H15BrCl2. The summed E-state index contributed by atoms with van der Waals surface area (Å²) in [5.41, 5.74) is 3.74. The first-order valence-corrected chi connectivity index (χ1v) is 8.04. The van der Waals surface area contributed by atoms with Crippen LogP contribution in [0.2, 0.25) is 10.0 Å². The van der Waals surface area contributed by atoms with E-state index in [0.717, 1.165) is 22.3 Å². The maximum absolute atomic E-state index is 6.24. The van der Waals surface area contributed by atoms with Crippen LogP contribution in [-0.2, 0) is 6.42 Å². The van der Waals surface area contributed by atoms with Crippen LogP contribution >= 0.6 is 39.1 Å². The van der Waals surface area contributed by atoms with Gasteiger partial charge in [0, 0.05) is 15.4 Å². The Morgan fingerprint density at radius 1 is 1.05 bits per heavy atom. The minimum atomic E-state index is 0.416. The normalized spacial score (nSPS) is 12.4. The minimum Gasteiger partial charge on any atom is -0.0921 e. The molecule has 0 aromatic heterocycles. The lowest BCUT2D eigenvalue weighted by Gasteiger charge is -2.16. The molecule has 19 heavy (non-hydrogen) atoms. The van der Waals surface area contributed by atoms with Crippen LogP contribution in [0.1, 0.15) is 22.6 Å². The number of alkyl halides is 1. The number of halogens is 3. The lowest BCUT2D eigenvalue weighted by Crippen LogP contribution is -2.05. The van der Waals surface area contributed by atoms with E-state index in [1.54, 1.807) is 6.07 Å². The second-order valence-electron chi connectivity index (χ2n) is 4.70. The molecule has 0 fully saturated rings. The quantitative estimate of drug-likeness (QED) is 0.586. The van der Waals surface area contributed by atoms with Crippen molar-refractivity contribution in [3.05, 3.63) is 69.2 Å². The first-order valence-electron chi connectivity index (χ1n) is 6.16. The van der Waals surface area contributed by atoms with Crippen LogP contribution in [0.25, 0.3) is 0 Å². The molecule has 1 atom stereocenters. The van der Waals surface area contributed by atoms with Gasteiger partial charge in [0.2, 0.25) is 0 Å². The molecule has 0 saturated heterocycles. The zero-order valence-electron chi connectivity index (χ0n) is 10.7. The van der Waals surface area contributed by atoms with Gasteiger partial charge in [0.25, 0.3) is 0 Å². The highest BCUT2D eigenvalue weighted by atomic mass is 79.9. The first-order chi connectivity index (χ1) is 9.10. The van der Waals surface area contributed by atoms with Crippen LogP contribution in [0, 0.1) is 6.92 Å². The van der Waals surface area contributed by atoms with Gasteiger partial charge < -0.3 is 0 Å². The maximum Gasteiger partial charge on any atom is 0.0453 e. The number of aryl methyl sites for hydroxylation is 1. The van der Waals surface area contributed by atoms with Gasteiger partial charge in [-0.2, -0.15) is 0 Å². The summed E-state index contributed by atoms with van der Waals surface area (Å²) in [5.74, 6) is 0.416. The van der Waals surface area contributed by atoms with Crippen molar-refractivity contribution in [2.45, 2.75) is 19.3 Å². The van der Waals surface area contributed by atoms with Crippen LogP contribution in [0.5, 0.6) is 0 Å². The van der Waals surface area contributed by atoms with Gasteiger partial charge in [0.1, 0.15) is 0 Å². The fourth-order valence-corrected chi connectivity index (χ4v) is 3.14. The Morgan fingerprint density at radius 3 is 2.32 bits per heavy atom. The number of benzene rings is 2. The van der Waals surface area contributed by atoms with Crippen molar-refractivity contribution in [1.82, 2.24) is 0 Å². The van der Waals surface area contributed by atoms with Gasteiger partial charge in [-0.25, -0.2) is 0 Å². The van der Waals surface area contributed by atoms with Gasteiger partial charge in [0.05, 0.1) is 0 Å². The highest BCUT2D eigenvalue weighted by Crippen LogP contribution is 2.28. The third kappa shape index (κ3) is 3.98. The molecule has 0 aliphatic rings. The topological polar surface area (TPSA) is 0 Å². The second-order valence-corrected chi connectivity index (χ2v) is 6.19. The van der Waals surface area contributed by atoms with E-state index in [4.69, 9.17) is 23.2 Å². The monoisotopic (exact) mass is 356 g/mol. The van der Waals surface area contributed by atoms with Crippen molar-refractivity contribution >= 4 is 39.1 Å². The smallest absolute Gasteiger partial charge is 0.0453 e. The summed E-state index contributed by atoms with van der Waals surface area (Å²) >= 11 is 15.8. The van der Waals surface area contributed by atoms with E-state index < -0.39 is 0 Å². The SMILES string of the molecule is Cc1ccc(C(CBr)Cc2ccc(Cl)cc2Cl)cc1. The summed E-state index contributed by atoms with van der Waals surface area (Å²) < 4.78 is 0. The van der Waals surface area contributed by atoms with Crippen LogP contribution < -0.4 is 0 Å². The van der Waals surface area contributed by atoms with E-state index in [2.05, 4.69) is 47.1 Å². The summed E-state index contributed by atoms with van der Waals surface area (Å²) in [6.45, 7) is 2.10. The van der Waals surface area contributed by atoms with Gasteiger partial charge in [-0.05, 0) is 42.5 Å². The van der Waals surface area contributed by atoms with Crippen molar-refractivity contribution in [1.29, 1.82) is 0 Å². The van der Waals surface area contributed by atoms with Crippen molar-refractivity contribution in [2.75, 3.05) is 5.33 Å². The van der Waals surface area contributed by atoms with Gasteiger partial charge in [-0.1, -0.05) is 75.0 Å². The summed E-state index contributed by atoms with van der Waals surface area (Å²) in [7, 11) is 0. The van der Waals surface area contributed by atoms with Crippen LogP contribution in [0.3, 0.4) is 0 Å². The molecule has 2 rings (SSSR count). The summed E-state index contributed by atoms with van der Waals surface area (Å²) in [6, 6.07) is 14.4. The Balaban J connectivity index is 2.21. The molecule has 0 amide bonds. The molecule has 2 aromatic carbocycles. The molecule has 0 nitrogen and oxygen atoms in total. The van der Waals surface area contributed by atoms with Crippen molar-refractivity contribution in [3.63, 3.8) is 0 Å². The third-order valence-electron chi connectivity index (χ3n) is 3.22. The van der Waals surface area contributed by atoms with Gasteiger partial charge in [0.15, 0.2) is 0 Å². The molecule has 3 heteroatoms. The largest absolute Gasteiger partial charge is 0.0921 e. The maximum atomic E-state index is 6.24. The zero-order valence-corrected chi connectivity index (χ0v) is 13.8. The molecular weight excluding hydrogens is 343 g/mol. The van der Waals surface area contributed by atoms with E-state index in [-0.39, 0.29) is 0 Å². The molecule has 1 unspecified atom stereocenters. The van der Waals surface area contributed by atoms with E-state index >= 15 is 0 Å². The zero-order chi connectivity index (χ0) is 13.8. The average molecular weight is 358 g/mol. The molecule has 0 spiro atoms. The van der Waals surface area contributed by atoms with Crippen LogP contribution in [0.15, 0.2) is 42.5 Å². The molecule has 2 aromatic rings. The number of rotatable bonds is 4. The molecule has 0 aliphatic heterocycles. The first kappa shape index (κ1) is 14.9. The Labute approximate surface area is 132 Å². The summed E-state index contributed by atoms with van der Waals surface area (Å²) in [5, 5.41) is 2.33. The molecule has 0 heterocycles.